The number of hydrogen-bond acceptors (Lipinski definition) is 6. The minimum Gasteiger partial charge on any atom is -0.314 e. The molecule has 8 heteroatoms. The van der Waals surface area contributed by atoms with E-state index in [1.54, 1.807) is 6.08 Å². The van der Waals surface area contributed by atoms with Gasteiger partial charge in [-0.15, -0.1) is 0 Å². The molecule has 0 spiro atoms. The molecule has 0 aromatic rings. The minimum atomic E-state index is -0.906. The molecule has 3 aliphatic heterocycles. The quantitative estimate of drug-likeness (QED) is 0.611. The minimum absolute atomic E-state index is 0.0642. The molecule has 0 aromatic carbocycles. The Bertz CT molecular complexity index is 750. The first-order valence-corrected chi connectivity index (χ1v) is 9.07. The van der Waals surface area contributed by atoms with Gasteiger partial charge in [0.1, 0.15) is 6.04 Å². The van der Waals surface area contributed by atoms with Gasteiger partial charge in [0, 0.05) is 55.7 Å². The molecule has 2 N–H and O–H groups in total. The predicted molar refractivity (Wildman–Crippen MR) is 91.6 cm³/mol. The predicted octanol–water partition coefficient (Wildman–Crippen LogP) is -1.06. The molecule has 0 bridgehead atoms. The summed E-state index contributed by atoms with van der Waals surface area (Å²) in [6.07, 6.45) is 4.04. The van der Waals surface area contributed by atoms with Crippen LogP contribution >= 0.6 is 0 Å². The van der Waals surface area contributed by atoms with Gasteiger partial charge in [-0.05, 0) is 6.42 Å². The lowest BCUT2D eigenvalue weighted by molar-refractivity contribution is -0.150. The number of carbonyl (C=O) groups excluding carboxylic acids is 4. The molecule has 2 fully saturated rings. The number of nitrogens with one attached hydrogen (secondary N) is 2. The third-order valence-corrected chi connectivity index (χ3v) is 5.71. The fraction of sp³-hybridized carbons (Fsp3) is 0.556. The summed E-state index contributed by atoms with van der Waals surface area (Å²) in [5.74, 6) is -1.88. The molecule has 3 heterocycles. The second kappa shape index (κ2) is 6.44. The summed E-state index contributed by atoms with van der Waals surface area (Å²) >= 11 is 0. The van der Waals surface area contributed by atoms with E-state index in [-0.39, 0.29) is 30.7 Å². The van der Waals surface area contributed by atoms with Crippen LogP contribution in [0, 0.1) is 5.92 Å². The number of amides is 4. The first-order valence-electron chi connectivity index (χ1n) is 9.07. The molecule has 8 nitrogen and oxygen atoms in total. The lowest BCUT2D eigenvalue weighted by atomic mass is 9.84. The zero-order chi connectivity index (χ0) is 18.4. The number of piperidine rings is 1. The van der Waals surface area contributed by atoms with E-state index in [0.717, 1.165) is 31.1 Å². The van der Waals surface area contributed by atoms with Gasteiger partial charge in [-0.1, -0.05) is 19.1 Å². The molecule has 4 rings (SSSR count). The van der Waals surface area contributed by atoms with Gasteiger partial charge < -0.3 is 5.32 Å². The smallest absolute Gasteiger partial charge is 0.261 e. The Kier molecular flexibility index (Phi) is 4.24. The standard InChI is InChI=1S/C18H22N4O4/c1-10-12(21-8-6-19-7-9-21)3-2-11-15(10)18(26)22(17(11)25)13-4-5-14(23)20-16(13)24/h2-3,10,12-13,19H,4-9H2,1H3,(H,20,23,24). The van der Waals surface area contributed by atoms with Crippen LogP contribution in [0.5, 0.6) is 0 Å². The van der Waals surface area contributed by atoms with Gasteiger partial charge in [-0.25, -0.2) is 0 Å². The maximum absolute atomic E-state index is 13.0. The van der Waals surface area contributed by atoms with Crippen LogP contribution in [0.4, 0.5) is 0 Å². The highest BCUT2D eigenvalue weighted by Crippen LogP contribution is 2.37. The highest BCUT2D eigenvalue weighted by atomic mass is 16.2. The Balaban J connectivity index is 1.58. The molecule has 1 aliphatic carbocycles. The normalized spacial score (nSPS) is 33.0. The highest BCUT2D eigenvalue weighted by Gasteiger charge is 2.49. The summed E-state index contributed by atoms with van der Waals surface area (Å²) in [5, 5.41) is 5.53. The Morgan fingerprint density at radius 1 is 1.08 bits per heavy atom. The largest absolute Gasteiger partial charge is 0.314 e. The van der Waals surface area contributed by atoms with Crippen molar-refractivity contribution in [3.8, 4) is 0 Å². The van der Waals surface area contributed by atoms with Gasteiger partial charge in [-0.2, -0.15) is 0 Å². The molecular weight excluding hydrogens is 336 g/mol. The fourth-order valence-electron chi connectivity index (χ4n) is 4.35. The Morgan fingerprint density at radius 2 is 1.81 bits per heavy atom. The third kappa shape index (κ3) is 2.60. The number of imide groups is 2. The second-order valence-electron chi connectivity index (χ2n) is 7.20. The molecule has 26 heavy (non-hydrogen) atoms. The molecule has 0 radical (unpaired) electrons. The summed E-state index contributed by atoms with van der Waals surface area (Å²) in [4.78, 5) is 52.7. The SMILES string of the molecule is CC1C2=C(C=CC1N1CCNCC1)C(=O)N(C1CCC(=O)NC1=O)C2=O. The van der Waals surface area contributed by atoms with Crippen LogP contribution in [-0.2, 0) is 19.2 Å². The lowest BCUT2D eigenvalue weighted by Gasteiger charge is -2.38. The number of hydrogen-bond donors (Lipinski definition) is 2. The van der Waals surface area contributed by atoms with Gasteiger partial charge in [-0.3, -0.25) is 34.3 Å². The average molecular weight is 358 g/mol. The van der Waals surface area contributed by atoms with Crippen LogP contribution in [0.3, 0.4) is 0 Å². The van der Waals surface area contributed by atoms with E-state index in [2.05, 4.69) is 15.5 Å². The molecule has 4 aliphatic rings. The van der Waals surface area contributed by atoms with Gasteiger partial charge in [0.05, 0.1) is 0 Å². The first-order chi connectivity index (χ1) is 12.5. The van der Waals surface area contributed by atoms with Crippen LogP contribution in [0.1, 0.15) is 19.8 Å². The van der Waals surface area contributed by atoms with Crippen LogP contribution in [0.15, 0.2) is 23.3 Å². The first kappa shape index (κ1) is 17.1. The molecule has 0 aromatic heterocycles. The van der Waals surface area contributed by atoms with E-state index in [0.29, 0.717) is 11.1 Å². The molecule has 0 saturated carbocycles. The van der Waals surface area contributed by atoms with Crippen molar-refractivity contribution in [2.45, 2.75) is 31.8 Å². The van der Waals surface area contributed by atoms with Crippen molar-refractivity contribution in [1.82, 2.24) is 20.4 Å². The molecule has 3 unspecified atom stereocenters. The van der Waals surface area contributed by atoms with Crippen molar-refractivity contribution in [2.24, 2.45) is 5.92 Å². The summed E-state index contributed by atoms with van der Waals surface area (Å²) in [7, 11) is 0. The van der Waals surface area contributed by atoms with E-state index >= 15 is 0 Å². The summed E-state index contributed by atoms with van der Waals surface area (Å²) < 4.78 is 0. The summed E-state index contributed by atoms with van der Waals surface area (Å²) in [6.45, 7) is 5.54. The van der Waals surface area contributed by atoms with Crippen molar-refractivity contribution < 1.29 is 19.2 Å². The van der Waals surface area contributed by atoms with Gasteiger partial charge in [0.15, 0.2) is 0 Å². The summed E-state index contributed by atoms with van der Waals surface area (Å²) in [5.41, 5.74) is 0.879. The van der Waals surface area contributed by atoms with E-state index in [1.807, 2.05) is 13.0 Å². The average Bonchev–Trinajstić information content (AvgIpc) is 2.88. The molecule has 3 atom stereocenters. The number of piperazine rings is 1. The number of rotatable bonds is 2. The number of nitrogens with zero attached hydrogens (tertiary/aromatic N) is 2. The zero-order valence-corrected chi connectivity index (χ0v) is 14.7. The maximum Gasteiger partial charge on any atom is 0.261 e. The topological polar surface area (TPSA) is 98.8 Å². The Labute approximate surface area is 151 Å². The maximum atomic E-state index is 13.0. The zero-order valence-electron chi connectivity index (χ0n) is 14.7. The van der Waals surface area contributed by atoms with Gasteiger partial charge in [0.2, 0.25) is 11.8 Å². The van der Waals surface area contributed by atoms with E-state index in [4.69, 9.17) is 0 Å². The monoisotopic (exact) mass is 358 g/mol. The van der Waals surface area contributed by atoms with E-state index in [1.165, 1.54) is 0 Å². The highest BCUT2D eigenvalue weighted by molar-refractivity contribution is 6.23. The van der Waals surface area contributed by atoms with Crippen molar-refractivity contribution >= 4 is 23.6 Å². The molecule has 2 saturated heterocycles. The molecule has 4 amide bonds. The van der Waals surface area contributed by atoms with Crippen molar-refractivity contribution in [3.05, 3.63) is 23.3 Å². The van der Waals surface area contributed by atoms with E-state index < -0.39 is 23.8 Å². The molecule has 138 valence electrons. The molecular formula is C18H22N4O4. The van der Waals surface area contributed by atoms with Crippen molar-refractivity contribution in [3.63, 3.8) is 0 Å². The third-order valence-electron chi connectivity index (χ3n) is 5.71. The Hall–Kier alpha value is -2.32. The van der Waals surface area contributed by atoms with Crippen molar-refractivity contribution in [2.75, 3.05) is 26.2 Å². The Morgan fingerprint density at radius 3 is 2.50 bits per heavy atom. The number of carbonyl (C=O) groups is 4. The second-order valence-corrected chi connectivity index (χ2v) is 7.20. The van der Waals surface area contributed by atoms with Gasteiger partial charge >= 0.3 is 0 Å². The van der Waals surface area contributed by atoms with Crippen LogP contribution in [0.2, 0.25) is 0 Å². The fourth-order valence-corrected chi connectivity index (χ4v) is 4.35. The van der Waals surface area contributed by atoms with Crippen LogP contribution in [-0.4, -0.2) is 71.7 Å². The van der Waals surface area contributed by atoms with Crippen molar-refractivity contribution in [1.29, 1.82) is 0 Å². The van der Waals surface area contributed by atoms with Gasteiger partial charge in [0.25, 0.3) is 11.8 Å². The van der Waals surface area contributed by atoms with Crippen LogP contribution < -0.4 is 10.6 Å². The lowest BCUT2D eigenvalue weighted by Crippen LogP contribution is -2.55. The van der Waals surface area contributed by atoms with Crippen LogP contribution in [0.25, 0.3) is 0 Å². The van der Waals surface area contributed by atoms with E-state index in [9.17, 15) is 19.2 Å². The summed E-state index contributed by atoms with van der Waals surface area (Å²) in [6, 6.07) is -0.842.